The summed E-state index contributed by atoms with van der Waals surface area (Å²) in [6, 6.07) is 4.53. The van der Waals surface area contributed by atoms with Crippen molar-refractivity contribution in [2.45, 2.75) is 44.8 Å². The number of methoxy groups -OCH3 is 1. The predicted octanol–water partition coefficient (Wildman–Crippen LogP) is 2.03. The number of amides is 2. The smallest absolute Gasteiger partial charge is 0.406 e. The fraction of sp³-hybridized carbons (Fsp3) is 0.692. The highest BCUT2D eigenvalue weighted by atomic mass is 19.1. The van der Waals surface area contributed by atoms with Crippen LogP contribution >= 0.6 is 0 Å². The van der Waals surface area contributed by atoms with Crippen LogP contribution in [-0.4, -0.2) is 71.2 Å². The molecule has 36 heavy (non-hydrogen) atoms. The van der Waals surface area contributed by atoms with E-state index in [2.05, 4.69) is 20.7 Å². The van der Waals surface area contributed by atoms with Gasteiger partial charge in [0.25, 0.3) is 0 Å². The number of alkyl carbamates (subject to hydrolysis) is 1. The molecule has 9 nitrogen and oxygen atoms in total. The molecule has 0 radical (unpaired) electrons. The highest BCUT2D eigenvalue weighted by Gasteiger charge is 2.34. The van der Waals surface area contributed by atoms with Gasteiger partial charge in [-0.2, -0.15) is 0 Å². The van der Waals surface area contributed by atoms with E-state index in [4.69, 9.17) is 15.2 Å². The maximum absolute atomic E-state index is 14.1. The minimum atomic E-state index is -0.539. The van der Waals surface area contributed by atoms with Crippen molar-refractivity contribution in [2.24, 2.45) is 23.5 Å². The lowest BCUT2D eigenvalue weighted by Gasteiger charge is -2.35. The summed E-state index contributed by atoms with van der Waals surface area (Å²) < 4.78 is 30.4. The number of piperidine rings is 1. The Hall–Kier alpha value is -2.27. The number of rotatable bonds is 11. The third-order valence-electron chi connectivity index (χ3n) is 7.01. The maximum Gasteiger partial charge on any atom is 0.406 e. The number of hydrogen-bond acceptors (Lipinski definition) is 7. The van der Waals surface area contributed by atoms with Gasteiger partial charge in [0.15, 0.2) is 0 Å². The lowest BCUT2D eigenvalue weighted by atomic mass is 9.82. The lowest BCUT2D eigenvalue weighted by molar-refractivity contribution is -0.126. The summed E-state index contributed by atoms with van der Waals surface area (Å²) in [6.45, 7) is 5.58. The van der Waals surface area contributed by atoms with Crippen LogP contribution in [0.15, 0.2) is 18.2 Å². The molecule has 2 aliphatic rings. The first-order valence-electron chi connectivity index (χ1n) is 12.9. The summed E-state index contributed by atoms with van der Waals surface area (Å²) in [5.74, 6) is -0.229. The molecule has 2 unspecified atom stereocenters. The van der Waals surface area contributed by atoms with Crippen molar-refractivity contribution in [1.29, 1.82) is 0 Å². The highest BCUT2D eigenvalue weighted by molar-refractivity contribution is 5.79. The molecule has 3 rings (SSSR count). The third-order valence-corrected chi connectivity index (χ3v) is 7.01. The lowest BCUT2D eigenvalue weighted by Crippen LogP contribution is -2.48. The SMILES string of the molecule is COC(=O)NCCO[C@@H](c1cc(F)ccc1C)C1CNCC(C(=O)NC[C@H](N)C[C@H]2CCCOC2)C1. The number of ether oxygens (including phenoxy) is 3. The third kappa shape index (κ3) is 8.69. The molecule has 0 spiro atoms. The fourth-order valence-electron chi connectivity index (χ4n) is 5.10. The number of nitrogens with two attached hydrogens (primary N) is 1. The van der Waals surface area contributed by atoms with Gasteiger partial charge in [-0.05, 0) is 61.8 Å². The topological polar surface area (TPSA) is 124 Å². The van der Waals surface area contributed by atoms with Gasteiger partial charge in [-0.25, -0.2) is 9.18 Å². The molecule has 2 saturated heterocycles. The summed E-state index contributed by atoms with van der Waals surface area (Å²) in [7, 11) is 1.30. The molecule has 1 aromatic rings. The second kappa shape index (κ2) is 14.5. The van der Waals surface area contributed by atoms with Gasteiger partial charge >= 0.3 is 6.09 Å². The second-order valence-corrected chi connectivity index (χ2v) is 9.89. The maximum atomic E-state index is 14.1. The van der Waals surface area contributed by atoms with Gasteiger partial charge in [0.2, 0.25) is 5.91 Å². The molecule has 2 fully saturated rings. The summed E-state index contributed by atoms with van der Waals surface area (Å²) in [6.07, 6.45) is 2.63. The minimum absolute atomic E-state index is 0.0374. The zero-order chi connectivity index (χ0) is 25.9. The summed E-state index contributed by atoms with van der Waals surface area (Å²) in [4.78, 5) is 24.4. The number of nitrogens with one attached hydrogen (secondary N) is 3. The van der Waals surface area contributed by atoms with Gasteiger partial charge in [0.05, 0.1) is 25.7 Å². The van der Waals surface area contributed by atoms with Crippen molar-refractivity contribution in [2.75, 3.05) is 53.1 Å². The van der Waals surface area contributed by atoms with E-state index in [1.54, 1.807) is 6.07 Å². The van der Waals surface area contributed by atoms with Gasteiger partial charge < -0.3 is 35.9 Å². The largest absolute Gasteiger partial charge is 0.453 e. The van der Waals surface area contributed by atoms with Crippen LogP contribution in [0.4, 0.5) is 9.18 Å². The van der Waals surface area contributed by atoms with Gasteiger partial charge in [-0.3, -0.25) is 4.79 Å². The quantitative estimate of drug-likeness (QED) is 0.337. The molecule has 2 aliphatic heterocycles. The zero-order valence-corrected chi connectivity index (χ0v) is 21.4. The Morgan fingerprint density at radius 3 is 2.89 bits per heavy atom. The molecule has 2 amide bonds. The molecule has 0 bridgehead atoms. The van der Waals surface area contributed by atoms with Crippen molar-refractivity contribution in [3.8, 4) is 0 Å². The monoisotopic (exact) mass is 508 g/mol. The van der Waals surface area contributed by atoms with E-state index in [1.807, 2.05) is 6.92 Å². The molecule has 0 aliphatic carbocycles. The van der Waals surface area contributed by atoms with Crippen LogP contribution in [0.5, 0.6) is 0 Å². The van der Waals surface area contributed by atoms with Crippen molar-refractivity contribution in [1.82, 2.24) is 16.0 Å². The minimum Gasteiger partial charge on any atom is -0.453 e. The van der Waals surface area contributed by atoms with Crippen LogP contribution in [0.2, 0.25) is 0 Å². The van der Waals surface area contributed by atoms with Crippen LogP contribution in [-0.2, 0) is 19.0 Å². The first kappa shape index (κ1) is 28.3. The summed E-state index contributed by atoms with van der Waals surface area (Å²) in [5.41, 5.74) is 7.94. The van der Waals surface area contributed by atoms with E-state index in [1.165, 1.54) is 19.2 Å². The van der Waals surface area contributed by atoms with E-state index in [9.17, 15) is 14.0 Å². The molecule has 202 valence electrons. The standard InChI is InChI=1S/C26H41FN4O5/c1-17-5-6-21(27)12-23(17)24(36-9-7-30-26(33)34-2)19-11-20(14-29-13-19)25(32)31-15-22(28)10-18-4-3-8-35-16-18/h5-6,12,18-20,22,24,29H,3-4,7-11,13-16,28H2,1-2H3,(H,30,33)(H,31,32)/t18-,19?,20?,22-,24-/m1/s1. The molecule has 2 heterocycles. The van der Waals surface area contributed by atoms with Crippen molar-refractivity contribution >= 4 is 12.0 Å². The first-order chi connectivity index (χ1) is 17.4. The highest BCUT2D eigenvalue weighted by Crippen LogP contribution is 2.34. The van der Waals surface area contributed by atoms with E-state index >= 15 is 0 Å². The summed E-state index contributed by atoms with van der Waals surface area (Å²) in [5, 5.41) is 8.97. The van der Waals surface area contributed by atoms with E-state index in [-0.39, 0.29) is 42.8 Å². The average molecular weight is 509 g/mol. The molecule has 1 aromatic carbocycles. The Morgan fingerprint density at radius 2 is 2.14 bits per heavy atom. The van der Waals surface area contributed by atoms with Crippen LogP contribution in [0.1, 0.15) is 42.9 Å². The Morgan fingerprint density at radius 1 is 1.31 bits per heavy atom. The summed E-state index contributed by atoms with van der Waals surface area (Å²) >= 11 is 0. The predicted molar refractivity (Wildman–Crippen MR) is 134 cm³/mol. The van der Waals surface area contributed by atoms with E-state index in [0.29, 0.717) is 32.0 Å². The normalized spacial score (nSPS) is 23.9. The molecular weight excluding hydrogens is 467 g/mol. The van der Waals surface area contributed by atoms with Crippen molar-refractivity contribution < 1.29 is 28.2 Å². The zero-order valence-electron chi connectivity index (χ0n) is 21.4. The number of aryl methyl sites for hydroxylation is 1. The molecule has 0 saturated carbocycles. The number of hydrogen-bond donors (Lipinski definition) is 4. The van der Waals surface area contributed by atoms with Crippen LogP contribution in [0.3, 0.4) is 0 Å². The number of carbonyl (C=O) groups is 2. The number of carbonyl (C=O) groups excluding carboxylic acids is 2. The average Bonchev–Trinajstić information content (AvgIpc) is 2.89. The second-order valence-electron chi connectivity index (χ2n) is 9.89. The first-order valence-corrected chi connectivity index (χ1v) is 12.9. The molecule has 0 aromatic heterocycles. The Labute approximate surface area is 213 Å². The van der Waals surface area contributed by atoms with E-state index < -0.39 is 12.2 Å². The van der Waals surface area contributed by atoms with Crippen molar-refractivity contribution in [3.05, 3.63) is 35.1 Å². The van der Waals surface area contributed by atoms with Gasteiger partial charge in [-0.15, -0.1) is 0 Å². The molecule has 5 atom stereocenters. The van der Waals surface area contributed by atoms with E-state index in [0.717, 1.165) is 43.6 Å². The Bertz CT molecular complexity index is 852. The van der Waals surface area contributed by atoms with Crippen LogP contribution in [0, 0.1) is 30.5 Å². The van der Waals surface area contributed by atoms with Crippen molar-refractivity contribution in [3.63, 3.8) is 0 Å². The van der Waals surface area contributed by atoms with Crippen LogP contribution in [0.25, 0.3) is 0 Å². The number of benzene rings is 1. The Kier molecular flexibility index (Phi) is 11.4. The molecular formula is C26H41FN4O5. The number of halogens is 1. The molecule has 10 heteroatoms. The van der Waals surface area contributed by atoms with Gasteiger partial charge in [0, 0.05) is 51.4 Å². The fourth-order valence-corrected chi connectivity index (χ4v) is 5.10. The Balaban J connectivity index is 1.58. The van der Waals surface area contributed by atoms with Gasteiger partial charge in [0.1, 0.15) is 5.82 Å². The molecule has 5 N–H and O–H groups in total. The van der Waals surface area contributed by atoms with Gasteiger partial charge in [-0.1, -0.05) is 6.07 Å². The van der Waals surface area contributed by atoms with Crippen LogP contribution < -0.4 is 21.7 Å².